The molecule has 0 aliphatic carbocycles. The normalized spacial score (nSPS) is 19.0. The molecule has 0 saturated carbocycles. The molecule has 1 atom stereocenters. The number of ether oxygens (including phenoxy) is 1. The summed E-state index contributed by atoms with van der Waals surface area (Å²) in [7, 11) is 3.81. The summed E-state index contributed by atoms with van der Waals surface area (Å²) in [5, 5.41) is 17.5. The molecule has 0 amide bonds. The van der Waals surface area contributed by atoms with Gasteiger partial charge in [-0.25, -0.2) is 14.4 Å². The Labute approximate surface area is 178 Å². The molecule has 1 saturated heterocycles. The Balaban J connectivity index is 0.000000633. The van der Waals surface area contributed by atoms with Gasteiger partial charge in [-0.3, -0.25) is 23.6 Å². The first-order valence-corrected chi connectivity index (χ1v) is 8.98. The van der Waals surface area contributed by atoms with Crippen molar-refractivity contribution in [1.29, 1.82) is 0 Å². The number of aromatic nitrogens is 2. The number of nitrogens with zero attached hydrogens (tertiary/aromatic N) is 3. The lowest BCUT2D eigenvalue weighted by Gasteiger charge is -2.36. The van der Waals surface area contributed by atoms with E-state index in [2.05, 4.69) is 4.74 Å². The van der Waals surface area contributed by atoms with E-state index in [0.717, 1.165) is 9.13 Å². The number of likely N-dealkylation sites (tertiary alicyclic amines) is 1. The summed E-state index contributed by atoms with van der Waals surface area (Å²) in [6, 6.07) is 0. The minimum absolute atomic E-state index is 0.0859. The third-order valence-electron chi connectivity index (χ3n) is 4.71. The van der Waals surface area contributed by atoms with Crippen LogP contribution in [0.2, 0.25) is 0 Å². The lowest BCUT2D eigenvalue weighted by molar-refractivity contribution is -0.192. The van der Waals surface area contributed by atoms with Gasteiger partial charge in [-0.05, 0) is 19.4 Å². The fraction of sp³-hybridized carbons (Fsp3) is 0.588. The Morgan fingerprint density at radius 3 is 2.19 bits per heavy atom. The van der Waals surface area contributed by atoms with Crippen LogP contribution in [-0.4, -0.2) is 80.5 Å². The van der Waals surface area contributed by atoms with Crippen LogP contribution in [0, 0.1) is 0 Å². The zero-order valence-corrected chi connectivity index (χ0v) is 17.4. The van der Waals surface area contributed by atoms with Crippen molar-refractivity contribution in [3.05, 3.63) is 26.4 Å². The number of aliphatic hydroxyl groups is 1. The van der Waals surface area contributed by atoms with Crippen molar-refractivity contribution in [2.75, 3.05) is 32.5 Å². The number of nitrogens with two attached hydrogens (primary N) is 1. The number of hydrogen-bond donors (Lipinski definition) is 3. The van der Waals surface area contributed by atoms with Gasteiger partial charge in [-0.1, -0.05) is 0 Å². The number of anilines is 1. The van der Waals surface area contributed by atoms with E-state index >= 15 is 0 Å². The van der Waals surface area contributed by atoms with E-state index in [1.165, 1.54) is 21.2 Å². The molecule has 0 radical (unpaired) electrons. The van der Waals surface area contributed by atoms with Crippen molar-refractivity contribution < 1.29 is 42.5 Å². The van der Waals surface area contributed by atoms with Crippen molar-refractivity contribution in [2.45, 2.75) is 24.6 Å². The summed E-state index contributed by atoms with van der Waals surface area (Å²) < 4.78 is 38.2. The highest BCUT2D eigenvalue weighted by molar-refractivity contribution is 6.01. The first kappa shape index (κ1) is 26.8. The van der Waals surface area contributed by atoms with Crippen LogP contribution >= 0.6 is 0 Å². The molecule has 4 N–H and O–H groups in total. The maximum atomic E-state index is 12.6. The van der Waals surface area contributed by atoms with Gasteiger partial charge in [0.1, 0.15) is 11.4 Å². The second-order valence-electron chi connectivity index (χ2n) is 7.03. The highest BCUT2D eigenvalue weighted by Gasteiger charge is 2.42. The molecule has 0 aromatic carbocycles. The highest BCUT2D eigenvalue weighted by atomic mass is 19.4. The average molecular weight is 468 g/mol. The van der Waals surface area contributed by atoms with Crippen LogP contribution in [0.15, 0.2) is 9.59 Å². The molecule has 1 unspecified atom stereocenters. The molecule has 1 aliphatic rings. The molecule has 15 heteroatoms. The smallest absolute Gasteiger partial charge is 0.475 e. The van der Waals surface area contributed by atoms with Crippen molar-refractivity contribution in [2.24, 2.45) is 14.1 Å². The van der Waals surface area contributed by atoms with Gasteiger partial charge in [-0.15, -0.1) is 0 Å². The van der Waals surface area contributed by atoms with Crippen molar-refractivity contribution in [3.63, 3.8) is 0 Å². The number of aliphatic carboxylic acids is 1. The van der Waals surface area contributed by atoms with Crippen LogP contribution < -0.4 is 17.0 Å². The molecule has 32 heavy (non-hydrogen) atoms. The summed E-state index contributed by atoms with van der Waals surface area (Å²) in [6.45, 7) is 0.172. The first-order chi connectivity index (χ1) is 14.6. The van der Waals surface area contributed by atoms with Gasteiger partial charge in [0.25, 0.3) is 5.56 Å². The van der Waals surface area contributed by atoms with Crippen LogP contribution in [0.3, 0.4) is 0 Å². The largest absolute Gasteiger partial charge is 0.490 e. The maximum absolute atomic E-state index is 12.6. The van der Waals surface area contributed by atoms with Gasteiger partial charge in [0, 0.05) is 20.6 Å². The molecule has 1 fully saturated rings. The molecule has 1 aliphatic heterocycles. The fourth-order valence-corrected chi connectivity index (χ4v) is 3.02. The summed E-state index contributed by atoms with van der Waals surface area (Å²) >= 11 is 0. The molecule has 2 heterocycles. The van der Waals surface area contributed by atoms with Crippen LogP contribution in [0.4, 0.5) is 19.0 Å². The molecule has 1 aromatic heterocycles. The van der Waals surface area contributed by atoms with Crippen LogP contribution in [0.5, 0.6) is 0 Å². The predicted octanol–water partition coefficient (Wildman–Crippen LogP) is -1.52. The number of esters is 1. The zero-order valence-electron chi connectivity index (χ0n) is 17.4. The Morgan fingerprint density at radius 2 is 1.72 bits per heavy atom. The van der Waals surface area contributed by atoms with Crippen LogP contribution in [0.25, 0.3) is 0 Å². The van der Waals surface area contributed by atoms with E-state index in [1.807, 2.05) is 0 Å². The molecule has 0 spiro atoms. The topological polar surface area (TPSA) is 174 Å². The van der Waals surface area contributed by atoms with E-state index in [-0.39, 0.29) is 30.9 Å². The number of ketones is 1. The summed E-state index contributed by atoms with van der Waals surface area (Å²) in [5.41, 5.74) is 2.40. The van der Waals surface area contributed by atoms with Gasteiger partial charge in [0.15, 0.2) is 11.4 Å². The maximum Gasteiger partial charge on any atom is 0.490 e. The number of piperidine rings is 1. The number of carbonyl (C=O) groups excluding carboxylic acids is 2. The van der Waals surface area contributed by atoms with Gasteiger partial charge >= 0.3 is 23.8 Å². The van der Waals surface area contributed by atoms with Gasteiger partial charge < -0.3 is 20.7 Å². The lowest BCUT2D eigenvalue weighted by atomic mass is 9.92. The number of hydrogen-bond acceptors (Lipinski definition) is 9. The molecular weight excluding hydrogens is 445 g/mol. The van der Waals surface area contributed by atoms with E-state index in [4.69, 9.17) is 15.6 Å². The summed E-state index contributed by atoms with van der Waals surface area (Å²) in [6.07, 6.45) is -4.37. The number of carboxylic acid groups (broad SMARTS) is 1. The van der Waals surface area contributed by atoms with Crippen LogP contribution in [0.1, 0.15) is 23.2 Å². The predicted molar refractivity (Wildman–Crippen MR) is 102 cm³/mol. The number of β-amino-alcohol motifs (C(OH)–C–C–N with tert-alkyl or cyclic N) is 1. The Hall–Kier alpha value is -3.20. The quantitative estimate of drug-likeness (QED) is 0.348. The molecule has 180 valence electrons. The number of halogens is 3. The minimum Gasteiger partial charge on any atom is -0.475 e. The number of nitrogen functional groups attached to an aromatic ring is 1. The number of alkyl halides is 3. The number of methoxy groups -OCH3 is 1. The number of carbonyl (C=O) groups is 3. The minimum atomic E-state index is -5.08. The second kappa shape index (κ2) is 9.95. The van der Waals surface area contributed by atoms with Crippen LogP contribution in [-0.2, 0) is 28.4 Å². The van der Waals surface area contributed by atoms with E-state index in [1.54, 1.807) is 4.90 Å². The number of rotatable bonds is 4. The Morgan fingerprint density at radius 1 is 1.19 bits per heavy atom. The SMILES string of the molecule is COC(=O)C1(O)CCCN(CC(=O)c2c(N)n(C)c(=O)n(C)c2=O)C1.O=C(O)C(F)(F)F. The monoisotopic (exact) mass is 468 g/mol. The molecular formula is C17H23F3N4O8. The average Bonchev–Trinajstić information content (AvgIpc) is 2.70. The Bertz CT molecular complexity index is 1020. The van der Waals surface area contributed by atoms with Gasteiger partial charge in [-0.2, -0.15) is 13.2 Å². The van der Waals surface area contributed by atoms with Gasteiger partial charge in [0.2, 0.25) is 0 Å². The van der Waals surface area contributed by atoms with E-state index in [9.17, 15) is 37.5 Å². The standard InChI is InChI=1S/C15H22N4O6.C2HF3O2/c1-17-11(16)10(12(21)18(2)14(17)23)9(20)7-19-6-4-5-15(24,8-19)13(22)25-3;3-2(4,5)1(6)7/h24H,4-8,16H2,1-3H3;(H,6,7). The third kappa shape index (κ3) is 5.94. The molecule has 0 bridgehead atoms. The lowest BCUT2D eigenvalue weighted by Crippen LogP contribution is -2.55. The first-order valence-electron chi connectivity index (χ1n) is 8.98. The summed E-state index contributed by atoms with van der Waals surface area (Å²) in [4.78, 5) is 58.8. The molecule has 1 aromatic rings. The van der Waals surface area contributed by atoms with Crippen molar-refractivity contribution >= 4 is 23.5 Å². The van der Waals surface area contributed by atoms with Crippen molar-refractivity contribution in [1.82, 2.24) is 14.0 Å². The zero-order chi connectivity index (χ0) is 25.0. The molecule has 2 rings (SSSR count). The number of carboxylic acids is 1. The Kier molecular flexibility index (Phi) is 8.34. The molecule has 12 nitrogen and oxygen atoms in total. The van der Waals surface area contributed by atoms with Gasteiger partial charge in [0.05, 0.1) is 13.7 Å². The number of Topliss-reactive ketones (excluding diaryl/α,β-unsaturated/α-hetero) is 1. The second-order valence-corrected chi connectivity index (χ2v) is 7.03. The van der Waals surface area contributed by atoms with Crippen molar-refractivity contribution in [3.8, 4) is 0 Å². The highest BCUT2D eigenvalue weighted by Crippen LogP contribution is 2.22. The van der Waals surface area contributed by atoms with E-state index < -0.39 is 40.7 Å². The third-order valence-corrected chi connectivity index (χ3v) is 4.71. The van der Waals surface area contributed by atoms with E-state index in [0.29, 0.717) is 13.0 Å². The summed E-state index contributed by atoms with van der Waals surface area (Å²) in [5.74, 6) is -4.31. The fourth-order valence-electron chi connectivity index (χ4n) is 3.02.